The molecule has 27 heavy (non-hydrogen) atoms. The van der Waals surface area contributed by atoms with Crippen molar-refractivity contribution in [3.8, 4) is 0 Å². The maximum Gasteiger partial charge on any atom is 0.360 e. The van der Waals surface area contributed by atoms with Crippen LogP contribution in [0.3, 0.4) is 0 Å². The van der Waals surface area contributed by atoms with Crippen molar-refractivity contribution in [1.82, 2.24) is 9.97 Å². The molecule has 0 spiro atoms. The zero-order valence-electron chi connectivity index (χ0n) is 14.5. The van der Waals surface area contributed by atoms with Gasteiger partial charge >= 0.3 is 5.97 Å². The summed E-state index contributed by atoms with van der Waals surface area (Å²) in [4.78, 5) is 21.1. The molecule has 0 aliphatic heterocycles. The number of esters is 1. The predicted molar refractivity (Wildman–Crippen MR) is 96.0 cm³/mol. The van der Waals surface area contributed by atoms with Crippen LogP contribution < -0.4 is 5.32 Å². The number of para-hydroxylation sites is 2. The molecule has 0 amide bonds. The lowest BCUT2D eigenvalue weighted by molar-refractivity contribution is 0.0330. The first-order valence-electron chi connectivity index (χ1n) is 8.32. The Labute approximate surface area is 154 Å². The smallest absolute Gasteiger partial charge is 0.360 e. The Morgan fingerprint density at radius 3 is 2.48 bits per heavy atom. The standard InChI is InChI=1S/C19H17F2N3O3/c1-2-26-9-10-27-19(25)17-18(22-12-7-8-13(20)14(21)11-12)24-16-6-4-3-5-15(16)23-17/h3-8,11H,2,9-10H2,1H3,(H,22,24). The number of hydrogen-bond donors (Lipinski definition) is 1. The highest BCUT2D eigenvalue weighted by Crippen LogP contribution is 2.23. The van der Waals surface area contributed by atoms with E-state index in [0.29, 0.717) is 17.6 Å². The van der Waals surface area contributed by atoms with E-state index in [-0.39, 0.29) is 30.4 Å². The van der Waals surface area contributed by atoms with Crippen molar-refractivity contribution in [2.24, 2.45) is 0 Å². The third-order valence-corrected chi connectivity index (χ3v) is 3.61. The summed E-state index contributed by atoms with van der Waals surface area (Å²) >= 11 is 0. The molecule has 0 saturated heterocycles. The van der Waals surface area contributed by atoms with Gasteiger partial charge in [-0.1, -0.05) is 12.1 Å². The van der Waals surface area contributed by atoms with Gasteiger partial charge in [0.05, 0.1) is 17.6 Å². The molecular formula is C19H17F2N3O3. The summed E-state index contributed by atoms with van der Waals surface area (Å²) < 4.78 is 36.9. The van der Waals surface area contributed by atoms with Crippen LogP contribution in [0.15, 0.2) is 42.5 Å². The molecule has 0 bridgehead atoms. The average molecular weight is 373 g/mol. The molecule has 140 valence electrons. The minimum atomic E-state index is -1.02. The number of carbonyl (C=O) groups excluding carboxylic acids is 1. The van der Waals surface area contributed by atoms with Crippen molar-refractivity contribution in [3.63, 3.8) is 0 Å². The minimum Gasteiger partial charge on any atom is -0.458 e. The summed E-state index contributed by atoms with van der Waals surface area (Å²) in [5.41, 5.74) is 1.20. The fourth-order valence-electron chi connectivity index (χ4n) is 2.35. The van der Waals surface area contributed by atoms with E-state index in [1.54, 1.807) is 24.3 Å². The van der Waals surface area contributed by atoms with Gasteiger partial charge in [0.25, 0.3) is 0 Å². The number of rotatable bonds is 7. The van der Waals surface area contributed by atoms with E-state index in [0.717, 1.165) is 12.1 Å². The Kier molecular flexibility index (Phi) is 5.87. The molecule has 2 aromatic carbocycles. The largest absolute Gasteiger partial charge is 0.458 e. The van der Waals surface area contributed by atoms with Crippen LogP contribution in [0.1, 0.15) is 17.4 Å². The van der Waals surface area contributed by atoms with Gasteiger partial charge < -0.3 is 14.8 Å². The van der Waals surface area contributed by atoms with Gasteiger partial charge in [-0.15, -0.1) is 0 Å². The van der Waals surface area contributed by atoms with Crippen LogP contribution in [0.5, 0.6) is 0 Å². The van der Waals surface area contributed by atoms with Crippen molar-refractivity contribution >= 4 is 28.5 Å². The van der Waals surface area contributed by atoms with Crippen LogP contribution in [0.25, 0.3) is 11.0 Å². The predicted octanol–water partition coefficient (Wildman–Crippen LogP) is 3.84. The molecule has 1 N–H and O–H groups in total. The first-order valence-corrected chi connectivity index (χ1v) is 8.32. The number of benzene rings is 2. The lowest BCUT2D eigenvalue weighted by atomic mass is 10.2. The number of hydrogen-bond acceptors (Lipinski definition) is 6. The van der Waals surface area contributed by atoms with Gasteiger partial charge in [-0.25, -0.2) is 23.5 Å². The number of nitrogens with zero attached hydrogens (tertiary/aromatic N) is 2. The highest BCUT2D eigenvalue weighted by atomic mass is 19.2. The summed E-state index contributed by atoms with van der Waals surface area (Å²) in [7, 11) is 0. The minimum absolute atomic E-state index is 0.0602. The molecule has 6 nitrogen and oxygen atoms in total. The molecular weight excluding hydrogens is 356 g/mol. The normalized spacial score (nSPS) is 10.8. The molecule has 1 aromatic heterocycles. The number of aromatic nitrogens is 2. The summed E-state index contributed by atoms with van der Waals surface area (Å²) in [5.74, 6) is -2.60. The fourth-order valence-corrected chi connectivity index (χ4v) is 2.35. The molecule has 0 atom stereocenters. The van der Waals surface area contributed by atoms with Crippen LogP contribution >= 0.6 is 0 Å². The lowest BCUT2D eigenvalue weighted by Gasteiger charge is -2.12. The van der Waals surface area contributed by atoms with E-state index in [1.165, 1.54) is 6.07 Å². The van der Waals surface area contributed by atoms with E-state index in [4.69, 9.17) is 9.47 Å². The Bertz CT molecular complexity index is 966. The van der Waals surface area contributed by atoms with Crippen molar-refractivity contribution < 1.29 is 23.0 Å². The van der Waals surface area contributed by atoms with Gasteiger partial charge in [-0.3, -0.25) is 0 Å². The Morgan fingerprint density at radius 2 is 1.78 bits per heavy atom. The highest BCUT2D eigenvalue weighted by Gasteiger charge is 2.19. The van der Waals surface area contributed by atoms with Gasteiger partial charge in [0, 0.05) is 18.4 Å². The zero-order chi connectivity index (χ0) is 19.2. The quantitative estimate of drug-likeness (QED) is 0.501. The molecule has 0 aliphatic rings. The third-order valence-electron chi connectivity index (χ3n) is 3.61. The maximum atomic E-state index is 13.5. The number of nitrogens with one attached hydrogen (secondary N) is 1. The molecule has 0 radical (unpaired) electrons. The first-order chi connectivity index (χ1) is 13.1. The summed E-state index contributed by atoms with van der Waals surface area (Å²) in [5, 5.41) is 2.80. The summed E-state index contributed by atoms with van der Waals surface area (Å²) in [6.07, 6.45) is 0. The van der Waals surface area contributed by atoms with E-state index in [9.17, 15) is 13.6 Å². The van der Waals surface area contributed by atoms with Crippen LogP contribution in [0.4, 0.5) is 20.3 Å². The number of ether oxygens (including phenoxy) is 2. The molecule has 0 aliphatic carbocycles. The van der Waals surface area contributed by atoms with Gasteiger partial charge in [0.15, 0.2) is 23.1 Å². The SMILES string of the molecule is CCOCCOC(=O)c1nc2ccccc2nc1Nc1ccc(F)c(F)c1. The second kappa shape index (κ2) is 8.50. The van der Waals surface area contributed by atoms with Crippen LogP contribution in [0, 0.1) is 11.6 Å². The number of anilines is 2. The molecule has 0 saturated carbocycles. The van der Waals surface area contributed by atoms with E-state index in [2.05, 4.69) is 15.3 Å². The summed E-state index contributed by atoms with van der Waals surface area (Å²) in [6, 6.07) is 10.3. The first kappa shape index (κ1) is 18.7. The van der Waals surface area contributed by atoms with Crippen LogP contribution in [-0.2, 0) is 9.47 Å². The molecule has 0 unspecified atom stereocenters. The Morgan fingerprint density at radius 1 is 1.04 bits per heavy atom. The zero-order valence-corrected chi connectivity index (χ0v) is 14.5. The number of carbonyl (C=O) groups is 1. The fraction of sp³-hybridized carbons (Fsp3) is 0.211. The van der Waals surface area contributed by atoms with Crippen molar-refractivity contribution in [2.75, 3.05) is 25.1 Å². The Balaban J connectivity index is 1.93. The van der Waals surface area contributed by atoms with Gasteiger partial charge in [0.2, 0.25) is 0 Å². The Hall–Kier alpha value is -3.13. The molecule has 0 fully saturated rings. The monoisotopic (exact) mass is 373 g/mol. The lowest BCUT2D eigenvalue weighted by Crippen LogP contribution is -2.15. The van der Waals surface area contributed by atoms with Gasteiger partial charge in [-0.2, -0.15) is 0 Å². The van der Waals surface area contributed by atoms with E-state index in [1.807, 2.05) is 6.92 Å². The van der Waals surface area contributed by atoms with Crippen molar-refractivity contribution in [1.29, 1.82) is 0 Å². The second-order valence-electron chi connectivity index (χ2n) is 5.50. The molecule has 8 heteroatoms. The average Bonchev–Trinajstić information content (AvgIpc) is 2.67. The van der Waals surface area contributed by atoms with Crippen molar-refractivity contribution in [3.05, 3.63) is 59.8 Å². The number of halogens is 2. The van der Waals surface area contributed by atoms with E-state index < -0.39 is 17.6 Å². The van der Waals surface area contributed by atoms with Gasteiger partial charge in [-0.05, 0) is 31.2 Å². The number of fused-ring (bicyclic) bond motifs is 1. The topological polar surface area (TPSA) is 73.3 Å². The summed E-state index contributed by atoms with van der Waals surface area (Å²) in [6.45, 7) is 2.66. The van der Waals surface area contributed by atoms with Crippen LogP contribution in [-0.4, -0.2) is 35.8 Å². The highest BCUT2D eigenvalue weighted by molar-refractivity contribution is 5.96. The third kappa shape index (κ3) is 4.53. The van der Waals surface area contributed by atoms with Crippen molar-refractivity contribution in [2.45, 2.75) is 6.92 Å². The second-order valence-corrected chi connectivity index (χ2v) is 5.50. The maximum absolute atomic E-state index is 13.5. The molecule has 1 heterocycles. The molecule has 3 rings (SSSR count). The van der Waals surface area contributed by atoms with Gasteiger partial charge in [0.1, 0.15) is 6.61 Å². The molecule has 3 aromatic rings. The van der Waals surface area contributed by atoms with Crippen LogP contribution in [0.2, 0.25) is 0 Å². The van der Waals surface area contributed by atoms with E-state index >= 15 is 0 Å².